The Bertz CT molecular complexity index is 1050. The maximum Gasteiger partial charge on any atom is 0.253 e. The van der Waals surface area contributed by atoms with Crippen molar-refractivity contribution in [3.05, 3.63) is 95.1 Å². The van der Waals surface area contributed by atoms with Gasteiger partial charge in [0.15, 0.2) is 0 Å². The second-order valence-electron chi connectivity index (χ2n) is 8.82. The van der Waals surface area contributed by atoms with E-state index in [1.165, 1.54) is 23.1 Å². The zero-order chi connectivity index (χ0) is 23.0. The monoisotopic (exact) mass is 442 g/mol. The van der Waals surface area contributed by atoms with Crippen LogP contribution < -0.4 is 10.6 Å². The molecule has 1 aliphatic rings. The maximum atomic E-state index is 12.7. The number of methoxy groups -OCH3 is 1. The van der Waals surface area contributed by atoms with Crippen LogP contribution in [0.1, 0.15) is 46.3 Å². The number of hydrogen-bond donors (Lipinski definition) is 2. The topological polar surface area (TPSA) is 50.4 Å². The van der Waals surface area contributed by atoms with E-state index in [1.807, 2.05) is 42.5 Å². The number of aryl methyl sites for hydroxylation is 1. The highest BCUT2D eigenvalue weighted by atomic mass is 16.5. The SMILES string of the molecule is CN[C@H]1CCc2c(CCCC(NC(=O)c3ccc(-c4ccccc4)cc3)OC)cccc2C1. The van der Waals surface area contributed by atoms with Crippen molar-refractivity contribution in [2.45, 2.75) is 50.8 Å². The zero-order valence-electron chi connectivity index (χ0n) is 19.6. The van der Waals surface area contributed by atoms with Crippen LogP contribution in [0, 0.1) is 0 Å². The molecule has 4 nitrogen and oxygen atoms in total. The molecule has 0 fully saturated rings. The van der Waals surface area contributed by atoms with Gasteiger partial charge in [0.25, 0.3) is 5.91 Å². The standard InChI is InChI=1S/C29H34N2O2/c1-30-26-18-19-27-23(10-6-12-25(27)20-26)11-7-13-28(33-2)31-29(32)24-16-14-22(15-17-24)21-8-4-3-5-9-21/h3-6,8-10,12,14-17,26,28,30H,7,11,13,18-20H2,1-2H3,(H,31,32)/t26-,28?/m0/s1. The molecule has 0 saturated heterocycles. The van der Waals surface area contributed by atoms with Crippen LogP contribution in [0.4, 0.5) is 0 Å². The van der Waals surface area contributed by atoms with Gasteiger partial charge in [0.1, 0.15) is 6.23 Å². The predicted molar refractivity (Wildman–Crippen MR) is 134 cm³/mol. The molecule has 1 amide bonds. The van der Waals surface area contributed by atoms with Gasteiger partial charge in [0, 0.05) is 18.7 Å². The van der Waals surface area contributed by atoms with Crippen LogP contribution in [-0.2, 0) is 24.0 Å². The third-order valence-corrected chi connectivity index (χ3v) is 6.73. The quantitative estimate of drug-likeness (QED) is 0.450. The van der Waals surface area contributed by atoms with E-state index in [4.69, 9.17) is 4.74 Å². The summed E-state index contributed by atoms with van der Waals surface area (Å²) >= 11 is 0. The number of rotatable bonds is 9. The molecule has 0 saturated carbocycles. The van der Waals surface area contributed by atoms with Crippen LogP contribution in [0.2, 0.25) is 0 Å². The van der Waals surface area contributed by atoms with Gasteiger partial charge in [-0.15, -0.1) is 0 Å². The average Bonchev–Trinajstić information content (AvgIpc) is 2.88. The first-order valence-electron chi connectivity index (χ1n) is 11.9. The van der Waals surface area contributed by atoms with E-state index < -0.39 is 0 Å². The van der Waals surface area contributed by atoms with Gasteiger partial charge in [-0.3, -0.25) is 4.79 Å². The van der Waals surface area contributed by atoms with Crippen molar-refractivity contribution in [3.8, 4) is 11.1 Å². The Morgan fingerprint density at radius 1 is 1.00 bits per heavy atom. The minimum Gasteiger partial charge on any atom is -0.362 e. The molecule has 3 aromatic rings. The number of fused-ring (bicyclic) bond motifs is 1. The molecule has 33 heavy (non-hydrogen) atoms. The zero-order valence-corrected chi connectivity index (χ0v) is 19.6. The molecule has 4 heteroatoms. The molecule has 3 aromatic carbocycles. The smallest absolute Gasteiger partial charge is 0.253 e. The van der Waals surface area contributed by atoms with E-state index in [1.54, 1.807) is 7.11 Å². The van der Waals surface area contributed by atoms with E-state index in [9.17, 15) is 4.79 Å². The first kappa shape index (κ1) is 23.2. The third kappa shape index (κ3) is 5.89. The van der Waals surface area contributed by atoms with E-state index in [-0.39, 0.29) is 12.1 Å². The molecule has 2 atom stereocenters. The lowest BCUT2D eigenvalue weighted by Gasteiger charge is -2.26. The molecule has 0 aromatic heterocycles. The molecule has 0 bridgehead atoms. The molecule has 0 radical (unpaired) electrons. The van der Waals surface area contributed by atoms with Gasteiger partial charge in [0.05, 0.1) is 0 Å². The fourth-order valence-electron chi connectivity index (χ4n) is 4.77. The molecule has 4 rings (SSSR count). The minimum absolute atomic E-state index is 0.100. The van der Waals surface area contributed by atoms with Gasteiger partial charge >= 0.3 is 0 Å². The van der Waals surface area contributed by atoms with E-state index in [0.29, 0.717) is 11.6 Å². The lowest BCUT2D eigenvalue weighted by molar-refractivity contribution is 0.0530. The summed E-state index contributed by atoms with van der Waals surface area (Å²) in [6.45, 7) is 0. The number of carbonyl (C=O) groups is 1. The number of nitrogens with one attached hydrogen (secondary N) is 2. The number of benzene rings is 3. The fraction of sp³-hybridized carbons (Fsp3) is 0.345. The molecule has 2 N–H and O–H groups in total. The number of amides is 1. The Kier molecular flexibility index (Phi) is 7.92. The Labute approximate surface area is 197 Å². The van der Waals surface area contributed by atoms with Gasteiger partial charge in [-0.2, -0.15) is 0 Å². The van der Waals surface area contributed by atoms with Crippen molar-refractivity contribution < 1.29 is 9.53 Å². The highest BCUT2D eigenvalue weighted by molar-refractivity contribution is 5.94. The molecule has 0 spiro atoms. The average molecular weight is 443 g/mol. The van der Waals surface area contributed by atoms with Crippen LogP contribution in [-0.4, -0.2) is 32.3 Å². The van der Waals surface area contributed by atoms with Crippen molar-refractivity contribution in [3.63, 3.8) is 0 Å². The highest BCUT2D eigenvalue weighted by Gasteiger charge is 2.19. The molecule has 172 valence electrons. The first-order chi connectivity index (χ1) is 16.2. The van der Waals surface area contributed by atoms with E-state index in [0.717, 1.165) is 43.2 Å². The lowest BCUT2D eigenvalue weighted by atomic mass is 9.84. The van der Waals surface area contributed by atoms with Crippen molar-refractivity contribution in [2.75, 3.05) is 14.2 Å². The van der Waals surface area contributed by atoms with Crippen molar-refractivity contribution in [1.82, 2.24) is 10.6 Å². The minimum atomic E-state index is -0.292. The van der Waals surface area contributed by atoms with Crippen LogP contribution >= 0.6 is 0 Å². The summed E-state index contributed by atoms with van der Waals surface area (Å²) in [5, 5.41) is 6.45. The second kappa shape index (κ2) is 11.3. The number of likely N-dealkylation sites (N-methyl/N-ethyl adjacent to an activating group) is 1. The van der Waals surface area contributed by atoms with Crippen molar-refractivity contribution in [2.24, 2.45) is 0 Å². The van der Waals surface area contributed by atoms with E-state index in [2.05, 4.69) is 48.0 Å². The normalized spacial score (nSPS) is 16.1. The molecular formula is C29H34N2O2. The summed E-state index contributed by atoms with van der Waals surface area (Å²) in [6, 6.07) is 25.2. The fourth-order valence-corrected chi connectivity index (χ4v) is 4.77. The molecule has 0 heterocycles. The largest absolute Gasteiger partial charge is 0.362 e. The Balaban J connectivity index is 1.31. The van der Waals surface area contributed by atoms with Gasteiger partial charge in [-0.25, -0.2) is 0 Å². The summed E-state index contributed by atoms with van der Waals surface area (Å²) in [5.41, 5.74) is 7.34. The molecule has 1 aliphatic carbocycles. The summed E-state index contributed by atoms with van der Waals surface area (Å²) in [7, 11) is 3.71. The van der Waals surface area contributed by atoms with Crippen molar-refractivity contribution >= 4 is 5.91 Å². The number of carbonyl (C=O) groups excluding carboxylic acids is 1. The molecule has 0 aliphatic heterocycles. The van der Waals surface area contributed by atoms with Crippen LogP contribution in [0.3, 0.4) is 0 Å². The van der Waals surface area contributed by atoms with Gasteiger partial charge in [-0.1, -0.05) is 60.7 Å². The Morgan fingerprint density at radius 3 is 2.48 bits per heavy atom. The highest BCUT2D eigenvalue weighted by Crippen LogP contribution is 2.26. The second-order valence-corrected chi connectivity index (χ2v) is 8.82. The summed E-state index contributed by atoms with van der Waals surface area (Å²) < 4.78 is 5.57. The number of ether oxygens (including phenoxy) is 1. The molecule has 1 unspecified atom stereocenters. The summed E-state index contributed by atoms with van der Waals surface area (Å²) in [5.74, 6) is -0.100. The third-order valence-electron chi connectivity index (χ3n) is 6.73. The summed E-state index contributed by atoms with van der Waals surface area (Å²) in [4.78, 5) is 12.7. The van der Waals surface area contributed by atoms with Gasteiger partial charge < -0.3 is 15.4 Å². The number of hydrogen-bond acceptors (Lipinski definition) is 3. The van der Waals surface area contributed by atoms with Gasteiger partial charge in [0.2, 0.25) is 0 Å². The van der Waals surface area contributed by atoms with E-state index >= 15 is 0 Å². The maximum absolute atomic E-state index is 12.7. The van der Waals surface area contributed by atoms with Crippen molar-refractivity contribution in [1.29, 1.82) is 0 Å². The molecular weight excluding hydrogens is 408 g/mol. The Hall–Kier alpha value is -2.95. The predicted octanol–water partition coefficient (Wildman–Crippen LogP) is 5.16. The van der Waals surface area contributed by atoms with Crippen LogP contribution in [0.5, 0.6) is 0 Å². The summed E-state index contributed by atoms with van der Waals surface area (Å²) in [6.07, 6.45) is 5.92. The van der Waals surface area contributed by atoms with Crippen LogP contribution in [0.25, 0.3) is 11.1 Å². The van der Waals surface area contributed by atoms with Crippen LogP contribution in [0.15, 0.2) is 72.8 Å². The lowest BCUT2D eigenvalue weighted by Crippen LogP contribution is -2.36. The Morgan fingerprint density at radius 2 is 1.76 bits per heavy atom. The first-order valence-corrected chi connectivity index (χ1v) is 11.9. The van der Waals surface area contributed by atoms with Gasteiger partial charge in [-0.05, 0) is 85.5 Å².